The molecule has 1 unspecified atom stereocenters. The topological polar surface area (TPSA) is 78.4 Å². The molecule has 1 aromatic rings. The van der Waals surface area contributed by atoms with Crippen LogP contribution < -0.4 is 10.6 Å². The molecule has 0 aliphatic rings. The van der Waals surface area contributed by atoms with Crippen LogP contribution in [0.4, 0.5) is 0 Å². The molecule has 0 aromatic heterocycles. The Kier molecular flexibility index (Phi) is 7.91. The molecule has 5 nitrogen and oxygen atoms in total. The van der Waals surface area contributed by atoms with Crippen molar-refractivity contribution in [3.8, 4) is 0 Å². The average molecular weight is 327 g/mol. The fraction of sp³-hybridized carbons (Fsp3) is 0.500. The summed E-state index contributed by atoms with van der Waals surface area (Å²) in [6.07, 6.45) is 0.322. The third kappa shape index (κ3) is 6.91. The monoisotopic (exact) mass is 326 g/mol. The van der Waals surface area contributed by atoms with Crippen LogP contribution in [0.3, 0.4) is 0 Å². The zero-order valence-corrected chi connectivity index (χ0v) is 13.7. The Bertz CT molecular complexity index is 489. The fourth-order valence-corrected chi connectivity index (χ4v) is 1.82. The number of hydrogen-bond acceptors (Lipinski definition) is 3. The number of nitrogens with one attached hydrogen (secondary N) is 2. The van der Waals surface area contributed by atoms with Crippen LogP contribution in [0.15, 0.2) is 24.3 Å². The van der Waals surface area contributed by atoms with Crippen LogP contribution in [0.25, 0.3) is 0 Å². The minimum Gasteiger partial charge on any atom is -0.391 e. The standard InChI is InChI=1S/C16H23ClN2O3/c1-11(2)14(20)10-19-15(21)4-3-9-18-16(22)12-5-7-13(17)8-6-12/h5-8,11,14,20H,3-4,9-10H2,1-2H3,(H,18,22)(H,19,21). The number of hydrogen-bond donors (Lipinski definition) is 3. The summed E-state index contributed by atoms with van der Waals surface area (Å²) >= 11 is 5.76. The van der Waals surface area contributed by atoms with Gasteiger partial charge in [0, 0.05) is 30.1 Å². The van der Waals surface area contributed by atoms with E-state index in [4.69, 9.17) is 11.6 Å². The molecule has 1 rings (SSSR count). The molecule has 1 aromatic carbocycles. The van der Waals surface area contributed by atoms with Crippen LogP contribution in [-0.4, -0.2) is 36.1 Å². The van der Waals surface area contributed by atoms with Crippen molar-refractivity contribution in [1.29, 1.82) is 0 Å². The van der Waals surface area contributed by atoms with Crippen molar-refractivity contribution in [3.63, 3.8) is 0 Å². The quantitative estimate of drug-likeness (QED) is 0.639. The Hall–Kier alpha value is -1.59. The molecule has 0 aliphatic heterocycles. The number of rotatable bonds is 8. The lowest BCUT2D eigenvalue weighted by Crippen LogP contribution is -2.35. The SMILES string of the molecule is CC(C)C(O)CNC(=O)CCCNC(=O)c1ccc(Cl)cc1. The minimum absolute atomic E-state index is 0.110. The van der Waals surface area contributed by atoms with E-state index in [9.17, 15) is 14.7 Å². The van der Waals surface area contributed by atoms with Crippen LogP contribution >= 0.6 is 11.6 Å². The zero-order chi connectivity index (χ0) is 16.5. The van der Waals surface area contributed by atoms with Crippen LogP contribution in [0, 0.1) is 5.92 Å². The van der Waals surface area contributed by atoms with Crippen molar-refractivity contribution in [2.24, 2.45) is 5.92 Å². The number of carbonyl (C=O) groups is 2. The lowest BCUT2D eigenvalue weighted by Gasteiger charge is -2.15. The van der Waals surface area contributed by atoms with Crippen molar-refractivity contribution in [2.75, 3.05) is 13.1 Å². The van der Waals surface area contributed by atoms with Crippen LogP contribution in [0.5, 0.6) is 0 Å². The fourth-order valence-electron chi connectivity index (χ4n) is 1.70. The molecule has 0 radical (unpaired) electrons. The summed E-state index contributed by atoms with van der Waals surface area (Å²) in [6.45, 7) is 4.46. The predicted molar refractivity (Wildman–Crippen MR) is 86.9 cm³/mol. The van der Waals surface area contributed by atoms with E-state index in [1.807, 2.05) is 13.8 Å². The highest BCUT2D eigenvalue weighted by Gasteiger charge is 2.10. The first-order valence-corrected chi connectivity index (χ1v) is 7.76. The highest BCUT2D eigenvalue weighted by atomic mass is 35.5. The highest BCUT2D eigenvalue weighted by Crippen LogP contribution is 2.09. The number of carbonyl (C=O) groups excluding carboxylic acids is 2. The summed E-state index contributed by atoms with van der Waals surface area (Å²) < 4.78 is 0. The maximum absolute atomic E-state index is 11.8. The van der Waals surface area contributed by atoms with Crippen LogP contribution in [-0.2, 0) is 4.79 Å². The average Bonchev–Trinajstić information content (AvgIpc) is 2.49. The number of benzene rings is 1. The van der Waals surface area contributed by atoms with Gasteiger partial charge < -0.3 is 15.7 Å². The number of amides is 2. The molecule has 6 heteroatoms. The van der Waals surface area contributed by atoms with Crippen molar-refractivity contribution in [3.05, 3.63) is 34.9 Å². The van der Waals surface area contributed by atoms with Gasteiger partial charge in [0.1, 0.15) is 0 Å². The van der Waals surface area contributed by atoms with Crippen LogP contribution in [0.1, 0.15) is 37.0 Å². The van der Waals surface area contributed by atoms with Gasteiger partial charge in [0.05, 0.1) is 6.10 Å². The maximum Gasteiger partial charge on any atom is 0.251 e. The molecule has 0 saturated heterocycles. The van der Waals surface area contributed by atoms with Crippen molar-refractivity contribution < 1.29 is 14.7 Å². The van der Waals surface area contributed by atoms with E-state index in [-0.39, 0.29) is 24.3 Å². The molecule has 122 valence electrons. The van der Waals surface area contributed by atoms with Gasteiger partial charge in [0.2, 0.25) is 5.91 Å². The van der Waals surface area contributed by atoms with E-state index in [1.165, 1.54) is 0 Å². The molecule has 0 fully saturated rings. The van der Waals surface area contributed by atoms with Gasteiger partial charge in [-0.1, -0.05) is 25.4 Å². The molecule has 1 atom stereocenters. The normalized spacial score (nSPS) is 12.0. The molecule has 0 bridgehead atoms. The highest BCUT2D eigenvalue weighted by molar-refractivity contribution is 6.30. The number of halogens is 1. The van der Waals surface area contributed by atoms with Gasteiger partial charge in [0.15, 0.2) is 0 Å². The smallest absolute Gasteiger partial charge is 0.251 e. The molecule has 3 N–H and O–H groups in total. The predicted octanol–water partition coefficient (Wildman–Crippen LogP) is 1.98. The molecular weight excluding hydrogens is 304 g/mol. The molecule has 0 saturated carbocycles. The van der Waals surface area contributed by atoms with Crippen LogP contribution in [0.2, 0.25) is 5.02 Å². The van der Waals surface area contributed by atoms with Crippen molar-refractivity contribution in [2.45, 2.75) is 32.8 Å². The van der Waals surface area contributed by atoms with Crippen molar-refractivity contribution in [1.82, 2.24) is 10.6 Å². The van der Waals surface area contributed by atoms with Gasteiger partial charge in [-0.2, -0.15) is 0 Å². The van der Waals surface area contributed by atoms with Gasteiger partial charge in [-0.25, -0.2) is 0 Å². The molecule has 2 amide bonds. The Morgan fingerprint density at radius 3 is 2.41 bits per heavy atom. The molecule has 0 heterocycles. The summed E-state index contributed by atoms with van der Waals surface area (Å²) in [4.78, 5) is 23.4. The first kappa shape index (κ1) is 18.5. The maximum atomic E-state index is 11.8. The van der Waals surface area contributed by atoms with E-state index in [0.29, 0.717) is 30.0 Å². The Labute approximate surface area is 136 Å². The lowest BCUT2D eigenvalue weighted by atomic mass is 10.1. The van der Waals surface area contributed by atoms with E-state index < -0.39 is 6.10 Å². The Morgan fingerprint density at radius 2 is 1.82 bits per heavy atom. The molecule has 0 spiro atoms. The third-order valence-corrected chi connectivity index (χ3v) is 3.50. The number of aliphatic hydroxyl groups is 1. The molecule has 0 aliphatic carbocycles. The van der Waals surface area contributed by atoms with E-state index in [0.717, 1.165) is 0 Å². The van der Waals surface area contributed by atoms with Gasteiger partial charge in [-0.15, -0.1) is 0 Å². The molecule has 22 heavy (non-hydrogen) atoms. The van der Waals surface area contributed by atoms with E-state index in [2.05, 4.69) is 10.6 Å². The van der Waals surface area contributed by atoms with Gasteiger partial charge in [0.25, 0.3) is 5.91 Å². The second-order valence-corrected chi connectivity index (χ2v) is 5.92. The lowest BCUT2D eigenvalue weighted by molar-refractivity contribution is -0.121. The van der Waals surface area contributed by atoms with Crippen molar-refractivity contribution >= 4 is 23.4 Å². The van der Waals surface area contributed by atoms with Gasteiger partial charge >= 0.3 is 0 Å². The largest absolute Gasteiger partial charge is 0.391 e. The van der Waals surface area contributed by atoms with Gasteiger partial charge in [-0.3, -0.25) is 9.59 Å². The summed E-state index contributed by atoms with van der Waals surface area (Å²) in [5, 5.41) is 15.6. The van der Waals surface area contributed by atoms with E-state index >= 15 is 0 Å². The zero-order valence-electron chi connectivity index (χ0n) is 12.9. The van der Waals surface area contributed by atoms with Gasteiger partial charge in [-0.05, 0) is 36.6 Å². The Morgan fingerprint density at radius 1 is 1.18 bits per heavy atom. The Balaban J connectivity index is 2.18. The first-order valence-electron chi connectivity index (χ1n) is 7.38. The van der Waals surface area contributed by atoms with E-state index in [1.54, 1.807) is 24.3 Å². The molecular formula is C16H23ClN2O3. The summed E-state index contributed by atoms with van der Waals surface area (Å²) in [5.74, 6) is -0.202. The second-order valence-electron chi connectivity index (χ2n) is 5.48. The minimum atomic E-state index is -0.534. The summed E-state index contributed by atoms with van der Waals surface area (Å²) in [6, 6.07) is 6.61. The second kappa shape index (κ2) is 9.43. The first-order chi connectivity index (χ1) is 10.4. The summed E-state index contributed by atoms with van der Waals surface area (Å²) in [5.41, 5.74) is 0.536. The third-order valence-electron chi connectivity index (χ3n) is 3.25. The number of aliphatic hydroxyl groups excluding tert-OH is 1. The summed E-state index contributed by atoms with van der Waals surface area (Å²) in [7, 11) is 0.